The second-order valence-electron chi connectivity index (χ2n) is 3.84. The van der Waals surface area contributed by atoms with Gasteiger partial charge >= 0.3 is 0 Å². The predicted molar refractivity (Wildman–Crippen MR) is 70.7 cm³/mol. The minimum absolute atomic E-state index is 0.0599. The monoisotopic (exact) mass is 288 g/mol. The summed E-state index contributed by atoms with van der Waals surface area (Å²) in [6.07, 6.45) is 3.99. The molecule has 0 bridgehead atoms. The van der Waals surface area contributed by atoms with Crippen molar-refractivity contribution < 1.29 is 17.9 Å². The molecule has 0 amide bonds. The van der Waals surface area contributed by atoms with E-state index in [1.54, 1.807) is 6.08 Å². The molecule has 0 aliphatic carbocycles. The number of fused-ring (bicyclic) bond motifs is 1. The van der Waals surface area contributed by atoms with Gasteiger partial charge in [0, 0.05) is 10.7 Å². The normalized spacial score (nSPS) is 14.9. The number of halogens is 1. The van der Waals surface area contributed by atoms with E-state index in [4.69, 9.17) is 20.2 Å². The first kappa shape index (κ1) is 13.2. The van der Waals surface area contributed by atoms with Gasteiger partial charge in [0.25, 0.3) is 0 Å². The number of allylic oxidation sites excluding steroid dienone is 1. The summed E-state index contributed by atoms with van der Waals surface area (Å²) in [5, 5.41) is 0. The number of ether oxygens (including phenoxy) is 2. The van der Waals surface area contributed by atoms with Crippen LogP contribution in [0.5, 0.6) is 11.5 Å². The van der Waals surface area contributed by atoms with E-state index in [1.807, 2.05) is 24.3 Å². The van der Waals surface area contributed by atoms with Crippen LogP contribution >= 0.6 is 10.7 Å². The van der Waals surface area contributed by atoms with E-state index < -0.39 is 9.05 Å². The van der Waals surface area contributed by atoms with Gasteiger partial charge in [-0.1, -0.05) is 18.2 Å². The quantitative estimate of drug-likeness (QED) is 0.799. The van der Waals surface area contributed by atoms with Gasteiger partial charge in [-0.2, -0.15) is 0 Å². The van der Waals surface area contributed by atoms with Crippen molar-refractivity contribution in [3.05, 3.63) is 29.8 Å². The predicted octanol–water partition coefficient (Wildman–Crippen LogP) is 2.43. The maximum atomic E-state index is 10.7. The Labute approximate surface area is 111 Å². The average molecular weight is 289 g/mol. The van der Waals surface area contributed by atoms with Crippen molar-refractivity contribution in [3.63, 3.8) is 0 Å². The van der Waals surface area contributed by atoms with Crippen LogP contribution in [0.25, 0.3) is 6.08 Å². The zero-order valence-electron chi connectivity index (χ0n) is 9.63. The second kappa shape index (κ2) is 5.63. The average Bonchev–Trinajstić information content (AvgIpc) is 2.33. The SMILES string of the molecule is O=S(=O)(Cl)CC/C=C/c1ccc2c(c1)OCCO2. The summed E-state index contributed by atoms with van der Waals surface area (Å²) in [5.74, 6) is 1.39. The van der Waals surface area contributed by atoms with Crippen LogP contribution in [0, 0.1) is 0 Å². The minimum Gasteiger partial charge on any atom is -0.486 e. The summed E-state index contributed by atoms with van der Waals surface area (Å²) < 4.78 is 32.3. The highest BCUT2D eigenvalue weighted by Gasteiger charge is 2.10. The first-order valence-electron chi connectivity index (χ1n) is 5.53. The van der Waals surface area contributed by atoms with Gasteiger partial charge in [-0.05, 0) is 24.1 Å². The van der Waals surface area contributed by atoms with Crippen LogP contribution in [0.1, 0.15) is 12.0 Å². The summed E-state index contributed by atoms with van der Waals surface area (Å²) in [6.45, 7) is 1.11. The smallest absolute Gasteiger partial charge is 0.232 e. The molecule has 1 aromatic carbocycles. The zero-order valence-corrected chi connectivity index (χ0v) is 11.2. The Morgan fingerprint density at radius 2 is 1.94 bits per heavy atom. The lowest BCUT2D eigenvalue weighted by Crippen LogP contribution is -2.15. The van der Waals surface area contributed by atoms with Crippen LogP contribution < -0.4 is 9.47 Å². The van der Waals surface area contributed by atoms with E-state index in [0.717, 1.165) is 11.3 Å². The van der Waals surface area contributed by atoms with Gasteiger partial charge in [-0.25, -0.2) is 8.42 Å². The molecule has 1 aliphatic rings. The highest BCUT2D eigenvalue weighted by molar-refractivity contribution is 8.13. The largest absolute Gasteiger partial charge is 0.486 e. The first-order chi connectivity index (χ1) is 8.54. The molecule has 1 aliphatic heterocycles. The van der Waals surface area contributed by atoms with Crippen molar-refractivity contribution >= 4 is 25.8 Å². The Morgan fingerprint density at radius 3 is 2.67 bits per heavy atom. The van der Waals surface area contributed by atoms with Crippen LogP contribution in [-0.2, 0) is 9.05 Å². The molecule has 0 fully saturated rings. The minimum atomic E-state index is -3.42. The Hall–Kier alpha value is -1.20. The van der Waals surface area contributed by atoms with Gasteiger partial charge in [0.05, 0.1) is 5.75 Å². The lowest BCUT2D eigenvalue weighted by Gasteiger charge is -2.18. The van der Waals surface area contributed by atoms with Crippen molar-refractivity contribution in [3.8, 4) is 11.5 Å². The number of hydrogen-bond donors (Lipinski definition) is 0. The van der Waals surface area contributed by atoms with Crippen molar-refractivity contribution in [1.82, 2.24) is 0 Å². The first-order valence-corrected chi connectivity index (χ1v) is 8.01. The molecule has 0 atom stereocenters. The fraction of sp³-hybridized carbons (Fsp3) is 0.333. The Bertz CT molecular complexity index is 551. The lowest BCUT2D eigenvalue weighted by molar-refractivity contribution is 0.171. The van der Waals surface area contributed by atoms with Gasteiger partial charge in [0.2, 0.25) is 9.05 Å². The van der Waals surface area contributed by atoms with Gasteiger partial charge in [-0.3, -0.25) is 0 Å². The molecule has 2 rings (SSSR count). The van der Waals surface area contributed by atoms with Gasteiger partial charge < -0.3 is 9.47 Å². The Morgan fingerprint density at radius 1 is 1.22 bits per heavy atom. The van der Waals surface area contributed by atoms with Crippen LogP contribution in [0.2, 0.25) is 0 Å². The van der Waals surface area contributed by atoms with Crippen LogP contribution in [-0.4, -0.2) is 27.4 Å². The number of benzene rings is 1. The third kappa shape index (κ3) is 3.92. The van der Waals surface area contributed by atoms with Crippen LogP contribution in [0.3, 0.4) is 0 Å². The van der Waals surface area contributed by atoms with E-state index >= 15 is 0 Å². The summed E-state index contributed by atoms with van der Waals surface area (Å²) in [4.78, 5) is 0. The molecule has 6 heteroatoms. The Kier molecular flexibility index (Phi) is 4.14. The van der Waals surface area contributed by atoms with Crippen molar-refractivity contribution in [2.24, 2.45) is 0 Å². The standard InChI is InChI=1S/C12H13ClO4S/c13-18(14,15)8-2-1-3-10-4-5-11-12(9-10)17-7-6-16-11/h1,3-5,9H,2,6-8H2/b3-1+. The molecule has 0 saturated heterocycles. The topological polar surface area (TPSA) is 52.6 Å². The van der Waals surface area contributed by atoms with Crippen molar-refractivity contribution in [2.75, 3.05) is 19.0 Å². The van der Waals surface area contributed by atoms with Crippen molar-refractivity contribution in [1.29, 1.82) is 0 Å². The number of hydrogen-bond acceptors (Lipinski definition) is 4. The zero-order chi connectivity index (χ0) is 13.0. The van der Waals surface area contributed by atoms with E-state index in [1.165, 1.54) is 0 Å². The lowest BCUT2D eigenvalue weighted by atomic mass is 10.1. The summed E-state index contributed by atoms with van der Waals surface area (Å²) in [7, 11) is 1.69. The molecule has 0 unspecified atom stereocenters. The molecule has 98 valence electrons. The third-order valence-electron chi connectivity index (χ3n) is 2.40. The third-order valence-corrected chi connectivity index (χ3v) is 3.59. The molecule has 18 heavy (non-hydrogen) atoms. The molecule has 0 aromatic heterocycles. The fourth-order valence-corrected chi connectivity index (χ4v) is 2.28. The summed E-state index contributed by atoms with van der Waals surface area (Å²) in [6, 6.07) is 5.59. The molecule has 1 heterocycles. The maximum Gasteiger partial charge on any atom is 0.232 e. The summed E-state index contributed by atoms with van der Waals surface area (Å²) >= 11 is 0. The molecule has 1 aromatic rings. The van der Waals surface area contributed by atoms with E-state index in [-0.39, 0.29) is 5.75 Å². The highest BCUT2D eigenvalue weighted by atomic mass is 35.7. The molecule has 4 nitrogen and oxygen atoms in total. The number of rotatable bonds is 4. The van der Waals surface area contributed by atoms with E-state index in [0.29, 0.717) is 25.4 Å². The van der Waals surface area contributed by atoms with Crippen molar-refractivity contribution in [2.45, 2.75) is 6.42 Å². The van der Waals surface area contributed by atoms with Gasteiger partial charge in [-0.15, -0.1) is 0 Å². The van der Waals surface area contributed by atoms with Gasteiger partial charge in [0.1, 0.15) is 13.2 Å². The van der Waals surface area contributed by atoms with Gasteiger partial charge in [0.15, 0.2) is 11.5 Å². The molecular formula is C12H13ClO4S. The van der Waals surface area contributed by atoms with E-state index in [2.05, 4.69) is 0 Å². The summed E-state index contributed by atoms with van der Waals surface area (Å²) in [5.41, 5.74) is 0.936. The highest BCUT2D eigenvalue weighted by Crippen LogP contribution is 2.31. The second-order valence-corrected chi connectivity index (χ2v) is 6.73. The molecule has 0 N–H and O–H groups in total. The fourth-order valence-electron chi connectivity index (χ4n) is 1.59. The molecule has 0 spiro atoms. The Balaban J connectivity index is 1.99. The van der Waals surface area contributed by atoms with E-state index in [9.17, 15) is 8.42 Å². The molecule has 0 saturated carbocycles. The molecular weight excluding hydrogens is 276 g/mol. The maximum absolute atomic E-state index is 10.7. The van der Waals surface area contributed by atoms with Crippen LogP contribution in [0.15, 0.2) is 24.3 Å². The van der Waals surface area contributed by atoms with Crippen LogP contribution in [0.4, 0.5) is 0 Å². The molecule has 0 radical (unpaired) electrons.